The van der Waals surface area contributed by atoms with Crippen LogP contribution in [-0.2, 0) is 6.18 Å². The smallest absolute Gasteiger partial charge is 0.387 e. The van der Waals surface area contributed by atoms with Crippen LogP contribution >= 0.6 is 23.2 Å². The van der Waals surface area contributed by atoms with Gasteiger partial charge >= 0.3 is 12.2 Å². The fraction of sp³-hybridized carbons (Fsp3) is 0.188. The summed E-state index contributed by atoms with van der Waals surface area (Å²) in [5.74, 6) is 0. The molecule has 9 heteroatoms. The third-order valence-electron chi connectivity index (χ3n) is 3.26. The van der Waals surface area contributed by atoms with Gasteiger partial charge in [0.15, 0.2) is 0 Å². The van der Waals surface area contributed by atoms with Crippen LogP contribution in [0.2, 0.25) is 10.0 Å². The van der Waals surface area contributed by atoms with Gasteiger partial charge in [-0.15, -0.1) is 0 Å². The highest BCUT2D eigenvalue weighted by atomic mass is 35.5. The Morgan fingerprint density at radius 2 is 1.72 bits per heavy atom. The predicted octanol–water partition coefficient (Wildman–Crippen LogP) is 4.87. The van der Waals surface area contributed by atoms with E-state index in [1.807, 2.05) is 0 Å². The number of alkyl halides is 3. The molecule has 0 aromatic heterocycles. The standard InChI is InChI=1S/C16H13Cl2F3N2O2/c17-12-6-5-11(7-13(12)18)23-15(25)22-8-14(24)9-1-3-10(4-2-9)16(19,20)21/h1-7,14,24H,8H2,(H2,22,23,25). The first-order valence-corrected chi connectivity index (χ1v) is 7.77. The molecule has 0 saturated heterocycles. The van der Waals surface area contributed by atoms with Crippen LogP contribution in [0.1, 0.15) is 17.2 Å². The maximum absolute atomic E-state index is 12.5. The number of anilines is 1. The summed E-state index contributed by atoms with van der Waals surface area (Å²) in [6.07, 6.45) is -5.59. The summed E-state index contributed by atoms with van der Waals surface area (Å²) in [5, 5.41) is 15.5. The van der Waals surface area contributed by atoms with Crippen molar-refractivity contribution in [3.8, 4) is 0 Å². The monoisotopic (exact) mass is 392 g/mol. The molecule has 0 radical (unpaired) electrons. The van der Waals surface area contributed by atoms with Gasteiger partial charge in [-0.3, -0.25) is 0 Å². The number of carbonyl (C=O) groups is 1. The van der Waals surface area contributed by atoms with Crippen LogP contribution in [0.15, 0.2) is 42.5 Å². The molecule has 2 aromatic carbocycles. The first kappa shape index (κ1) is 19.4. The Morgan fingerprint density at radius 3 is 2.28 bits per heavy atom. The van der Waals surface area contributed by atoms with Gasteiger partial charge in [0.25, 0.3) is 0 Å². The molecule has 0 spiro atoms. The largest absolute Gasteiger partial charge is 0.416 e. The van der Waals surface area contributed by atoms with Crippen LogP contribution in [0, 0.1) is 0 Å². The maximum atomic E-state index is 12.5. The number of hydrogen-bond acceptors (Lipinski definition) is 2. The number of carbonyl (C=O) groups excluding carboxylic acids is 1. The van der Waals surface area contributed by atoms with Crippen molar-refractivity contribution in [2.75, 3.05) is 11.9 Å². The van der Waals surface area contributed by atoms with Gasteiger partial charge in [-0.25, -0.2) is 4.79 Å². The fourth-order valence-electron chi connectivity index (χ4n) is 1.95. The molecule has 4 nitrogen and oxygen atoms in total. The number of aliphatic hydroxyl groups is 1. The highest BCUT2D eigenvalue weighted by molar-refractivity contribution is 6.42. The van der Waals surface area contributed by atoms with Crippen molar-refractivity contribution < 1.29 is 23.1 Å². The first-order chi connectivity index (χ1) is 11.7. The Bertz CT molecular complexity index is 752. The predicted molar refractivity (Wildman–Crippen MR) is 89.9 cm³/mol. The van der Waals surface area contributed by atoms with Gasteiger partial charge < -0.3 is 15.7 Å². The van der Waals surface area contributed by atoms with Gasteiger partial charge in [-0.1, -0.05) is 35.3 Å². The summed E-state index contributed by atoms with van der Waals surface area (Å²) in [7, 11) is 0. The van der Waals surface area contributed by atoms with Crippen LogP contribution < -0.4 is 10.6 Å². The van der Waals surface area contributed by atoms with Crippen molar-refractivity contribution in [1.82, 2.24) is 5.32 Å². The number of urea groups is 1. The summed E-state index contributed by atoms with van der Waals surface area (Å²) < 4.78 is 37.5. The zero-order valence-electron chi connectivity index (χ0n) is 12.6. The SMILES string of the molecule is O=C(NCC(O)c1ccc(C(F)(F)F)cc1)Nc1ccc(Cl)c(Cl)c1. The summed E-state index contributed by atoms with van der Waals surface area (Å²) in [5.41, 5.74) is -0.160. The van der Waals surface area contributed by atoms with Crippen molar-refractivity contribution in [2.24, 2.45) is 0 Å². The molecule has 0 fully saturated rings. The van der Waals surface area contributed by atoms with Gasteiger partial charge in [0, 0.05) is 12.2 Å². The van der Waals surface area contributed by atoms with Crippen LogP contribution in [-0.4, -0.2) is 17.7 Å². The van der Waals surface area contributed by atoms with E-state index >= 15 is 0 Å². The summed E-state index contributed by atoms with van der Waals surface area (Å²) in [4.78, 5) is 11.8. The van der Waals surface area contributed by atoms with E-state index in [0.717, 1.165) is 24.3 Å². The molecular formula is C16H13Cl2F3N2O2. The van der Waals surface area contributed by atoms with Crippen molar-refractivity contribution in [2.45, 2.75) is 12.3 Å². The minimum absolute atomic E-state index is 0.182. The lowest BCUT2D eigenvalue weighted by Crippen LogP contribution is -2.32. The molecule has 1 unspecified atom stereocenters. The summed E-state index contributed by atoms with van der Waals surface area (Å²) in [6.45, 7) is -0.182. The van der Waals surface area contributed by atoms with Gasteiger partial charge in [-0.05, 0) is 35.9 Å². The zero-order chi connectivity index (χ0) is 18.6. The number of benzene rings is 2. The number of aliphatic hydroxyl groups excluding tert-OH is 1. The van der Waals surface area contributed by atoms with E-state index in [-0.39, 0.29) is 17.1 Å². The van der Waals surface area contributed by atoms with Gasteiger partial charge in [0.2, 0.25) is 0 Å². The summed E-state index contributed by atoms with van der Waals surface area (Å²) in [6, 6.07) is 7.96. The Hall–Kier alpha value is -1.96. The molecular weight excluding hydrogens is 380 g/mol. The van der Waals surface area contributed by atoms with Crippen LogP contribution in [0.5, 0.6) is 0 Å². The molecule has 0 aliphatic carbocycles. The maximum Gasteiger partial charge on any atom is 0.416 e. The van der Waals surface area contributed by atoms with E-state index in [1.54, 1.807) is 6.07 Å². The molecule has 3 N–H and O–H groups in total. The highest BCUT2D eigenvalue weighted by Crippen LogP contribution is 2.30. The molecule has 0 aliphatic rings. The molecule has 2 amide bonds. The van der Waals surface area contributed by atoms with Crippen LogP contribution in [0.25, 0.3) is 0 Å². The van der Waals surface area contributed by atoms with Crippen LogP contribution in [0.4, 0.5) is 23.7 Å². The lowest BCUT2D eigenvalue weighted by molar-refractivity contribution is -0.137. The molecule has 2 rings (SSSR count). The van der Waals surface area contributed by atoms with Gasteiger partial charge in [0.05, 0.1) is 21.7 Å². The number of nitrogens with one attached hydrogen (secondary N) is 2. The van der Waals surface area contributed by atoms with E-state index in [4.69, 9.17) is 23.2 Å². The molecule has 0 aliphatic heterocycles. The Morgan fingerprint density at radius 1 is 1.08 bits per heavy atom. The van der Waals surface area contributed by atoms with Gasteiger partial charge in [-0.2, -0.15) is 13.2 Å². The average Bonchev–Trinajstić information content (AvgIpc) is 2.55. The Kier molecular flexibility index (Phi) is 6.16. The highest BCUT2D eigenvalue weighted by Gasteiger charge is 2.30. The topological polar surface area (TPSA) is 61.4 Å². The lowest BCUT2D eigenvalue weighted by Gasteiger charge is -2.14. The molecule has 25 heavy (non-hydrogen) atoms. The zero-order valence-corrected chi connectivity index (χ0v) is 14.1. The quantitative estimate of drug-likeness (QED) is 0.695. The second-order valence-electron chi connectivity index (χ2n) is 5.10. The summed E-state index contributed by atoms with van der Waals surface area (Å²) >= 11 is 11.6. The second kappa shape index (κ2) is 7.95. The number of hydrogen-bond donors (Lipinski definition) is 3. The van der Waals surface area contributed by atoms with Crippen LogP contribution in [0.3, 0.4) is 0 Å². The third-order valence-corrected chi connectivity index (χ3v) is 4.00. The molecule has 134 valence electrons. The fourth-order valence-corrected chi connectivity index (χ4v) is 2.25. The Balaban J connectivity index is 1.89. The van der Waals surface area contributed by atoms with Crippen molar-refractivity contribution in [1.29, 1.82) is 0 Å². The van der Waals surface area contributed by atoms with Crippen molar-refractivity contribution in [3.05, 3.63) is 63.6 Å². The van der Waals surface area contributed by atoms with Crippen molar-refractivity contribution in [3.63, 3.8) is 0 Å². The van der Waals surface area contributed by atoms with E-state index in [1.165, 1.54) is 12.1 Å². The van der Waals surface area contributed by atoms with E-state index in [2.05, 4.69) is 10.6 Å². The third kappa shape index (κ3) is 5.52. The molecule has 0 bridgehead atoms. The average molecular weight is 393 g/mol. The van der Waals surface area contributed by atoms with E-state index in [0.29, 0.717) is 10.7 Å². The Labute approximate surface area is 151 Å². The van der Waals surface area contributed by atoms with E-state index < -0.39 is 23.9 Å². The minimum Gasteiger partial charge on any atom is -0.387 e. The van der Waals surface area contributed by atoms with Crippen molar-refractivity contribution >= 4 is 34.9 Å². The minimum atomic E-state index is -4.44. The van der Waals surface area contributed by atoms with E-state index in [9.17, 15) is 23.1 Å². The second-order valence-corrected chi connectivity index (χ2v) is 5.91. The molecule has 1 atom stereocenters. The molecule has 2 aromatic rings. The lowest BCUT2D eigenvalue weighted by atomic mass is 10.1. The number of amides is 2. The number of rotatable bonds is 4. The van der Waals surface area contributed by atoms with Gasteiger partial charge in [0.1, 0.15) is 0 Å². The number of halogens is 5. The normalized spacial score (nSPS) is 12.6. The molecule has 0 saturated carbocycles. The molecule has 0 heterocycles. The first-order valence-electron chi connectivity index (χ1n) is 7.02.